The summed E-state index contributed by atoms with van der Waals surface area (Å²) in [4.78, 5) is 35.3. The van der Waals surface area contributed by atoms with Gasteiger partial charge in [0.2, 0.25) is 11.9 Å². The highest BCUT2D eigenvalue weighted by atomic mass is 35.5. The van der Waals surface area contributed by atoms with Gasteiger partial charge in [-0.3, -0.25) is 14.6 Å². The van der Waals surface area contributed by atoms with E-state index in [0.717, 1.165) is 19.5 Å². The van der Waals surface area contributed by atoms with Gasteiger partial charge in [-0.15, -0.1) is 0 Å². The molecule has 7 nitrogen and oxygen atoms in total. The summed E-state index contributed by atoms with van der Waals surface area (Å²) < 4.78 is 0. The van der Waals surface area contributed by atoms with E-state index in [4.69, 9.17) is 11.6 Å². The summed E-state index contributed by atoms with van der Waals surface area (Å²) in [6, 6.07) is 8.93. The first-order valence-electron chi connectivity index (χ1n) is 9.72. The normalized spacial score (nSPS) is 26.4. The van der Waals surface area contributed by atoms with Crippen LogP contribution < -0.4 is 15.8 Å². The Bertz CT molecular complexity index is 1050. The number of benzene rings is 1. The first-order valence-corrected chi connectivity index (χ1v) is 10.1. The number of rotatable bonds is 2. The number of anilines is 2. The van der Waals surface area contributed by atoms with E-state index in [0.29, 0.717) is 33.9 Å². The summed E-state index contributed by atoms with van der Waals surface area (Å²) in [6.07, 6.45) is 1.13. The number of piperidine rings is 1. The van der Waals surface area contributed by atoms with E-state index in [1.807, 2.05) is 6.07 Å². The minimum absolute atomic E-state index is 0.219. The van der Waals surface area contributed by atoms with Crippen molar-refractivity contribution in [1.29, 1.82) is 5.26 Å². The lowest BCUT2D eigenvalue weighted by Gasteiger charge is -2.36. The fraction of sp³-hybridized carbons (Fsp3) is 0.429. The zero-order chi connectivity index (χ0) is 20.7. The molecule has 0 spiro atoms. The fourth-order valence-electron chi connectivity index (χ4n) is 4.54. The second kappa shape index (κ2) is 7.53. The quantitative estimate of drug-likeness (QED) is 0.790. The molecule has 1 amide bonds. The Morgan fingerprint density at radius 1 is 1.24 bits per heavy atom. The van der Waals surface area contributed by atoms with Gasteiger partial charge in [0.15, 0.2) is 0 Å². The van der Waals surface area contributed by atoms with E-state index >= 15 is 0 Å². The van der Waals surface area contributed by atoms with Crippen LogP contribution in [0.5, 0.6) is 0 Å². The molecule has 8 heteroatoms. The average Bonchev–Trinajstić information content (AvgIpc) is 2.66. The topological polar surface area (TPSA) is 102 Å². The van der Waals surface area contributed by atoms with Crippen LogP contribution in [0.15, 0.2) is 29.1 Å². The van der Waals surface area contributed by atoms with Crippen LogP contribution in [-0.2, 0) is 4.79 Å². The number of hydrogen-bond acceptors (Lipinski definition) is 5. The lowest BCUT2D eigenvalue weighted by molar-refractivity contribution is -0.119. The molecule has 150 valence electrons. The molecule has 2 aliphatic rings. The van der Waals surface area contributed by atoms with Crippen LogP contribution in [0.2, 0.25) is 5.02 Å². The maximum absolute atomic E-state index is 13.1. The molecule has 29 heavy (non-hydrogen) atoms. The average molecular weight is 412 g/mol. The Labute approximate surface area is 173 Å². The van der Waals surface area contributed by atoms with Gasteiger partial charge in [0.25, 0.3) is 5.56 Å². The van der Waals surface area contributed by atoms with Gasteiger partial charge in [-0.2, -0.15) is 10.2 Å². The summed E-state index contributed by atoms with van der Waals surface area (Å²) >= 11 is 6.12. The van der Waals surface area contributed by atoms with E-state index in [2.05, 4.69) is 34.0 Å². The van der Waals surface area contributed by atoms with Crippen LogP contribution in [0, 0.1) is 29.1 Å². The monoisotopic (exact) mass is 411 g/mol. The number of aromatic amines is 1. The van der Waals surface area contributed by atoms with Gasteiger partial charge in [-0.05, 0) is 36.0 Å². The van der Waals surface area contributed by atoms with E-state index in [-0.39, 0.29) is 11.4 Å². The molecular weight excluding hydrogens is 390 g/mol. The molecule has 1 fully saturated rings. The number of nitrogens with one attached hydrogen (secondary N) is 2. The summed E-state index contributed by atoms with van der Waals surface area (Å²) in [5, 5.41) is 12.8. The second-order valence-corrected chi connectivity index (χ2v) is 8.57. The number of halogens is 1. The Morgan fingerprint density at radius 2 is 1.97 bits per heavy atom. The molecule has 4 atom stereocenters. The molecule has 3 heterocycles. The van der Waals surface area contributed by atoms with Crippen molar-refractivity contribution in [2.75, 3.05) is 23.3 Å². The van der Waals surface area contributed by atoms with Gasteiger partial charge >= 0.3 is 0 Å². The summed E-state index contributed by atoms with van der Waals surface area (Å²) in [5.74, 6) is -0.594. The predicted octanol–water partition coefficient (Wildman–Crippen LogP) is 3.13. The molecule has 0 bridgehead atoms. The first kappa shape index (κ1) is 19.5. The first-order chi connectivity index (χ1) is 13.9. The van der Waals surface area contributed by atoms with Crippen molar-refractivity contribution in [3.63, 3.8) is 0 Å². The SMILES string of the molecule is CC1CC(C)CN(c2nc3c(c(=O)[nH]2)C(c2cccc(Cl)c2)C(C#N)C(=O)N3)C1. The van der Waals surface area contributed by atoms with E-state index in [1.54, 1.807) is 24.3 Å². The third-order valence-electron chi connectivity index (χ3n) is 5.63. The lowest BCUT2D eigenvalue weighted by atomic mass is 9.79. The van der Waals surface area contributed by atoms with Crippen molar-refractivity contribution < 1.29 is 4.79 Å². The minimum atomic E-state index is -1.04. The van der Waals surface area contributed by atoms with E-state index < -0.39 is 17.7 Å². The Hall–Kier alpha value is -2.85. The number of aromatic nitrogens is 2. The summed E-state index contributed by atoms with van der Waals surface area (Å²) in [6.45, 7) is 5.93. The van der Waals surface area contributed by atoms with Crippen molar-refractivity contribution in [1.82, 2.24) is 9.97 Å². The number of carbonyl (C=O) groups is 1. The van der Waals surface area contributed by atoms with Crippen LogP contribution in [0.4, 0.5) is 11.8 Å². The third-order valence-corrected chi connectivity index (χ3v) is 5.86. The largest absolute Gasteiger partial charge is 0.342 e. The smallest absolute Gasteiger partial charge is 0.258 e. The number of H-pyrrole nitrogens is 1. The summed E-state index contributed by atoms with van der Waals surface area (Å²) in [7, 11) is 0. The highest BCUT2D eigenvalue weighted by molar-refractivity contribution is 6.30. The van der Waals surface area contributed by atoms with Crippen molar-refractivity contribution in [3.8, 4) is 6.07 Å². The Morgan fingerprint density at radius 3 is 2.62 bits per heavy atom. The number of carbonyl (C=O) groups excluding carboxylic acids is 1. The number of hydrogen-bond donors (Lipinski definition) is 2. The van der Waals surface area contributed by atoms with Gasteiger partial charge < -0.3 is 10.2 Å². The summed E-state index contributed by atoms with van der Waals surface area (Å²) in [5.41, 5.74) is 0.585. The number of nitriles is 1. The maximum Gasteiger partial charge on any atom is 0.258 e. The maximum atomic E-state index is 13.1. The molecule has 2 aromatic rings. The van der Waals surface area contributed by atoms with Crippen LogP contribution in [-0.4, -0.2) is 29.0 Å². The molecule has 0 saturated carbocycles. The molecule has 2 N–H and O–H groups in total. The highest BCUT2D eigenvalue weighted by Crippen LogP contribution is 2.39. The van der Waals surface area contributed by atoms with Gasteiger partial charge in [-0.25, -0.2) is 0 Å². The van der Waals surface area contributed by atoms with Crippen LogP contribution in [0.1, 0.15) is 37.3 Å². The molecule has 1 aromatic heterocycles. The standard InChI is InChI=1S/C21H22ClN5O2/c1-11-6-12(2)10-27(9-11)21-25-18-17(20(29)26-21)16(15(8-23)19(28)24-18)13-4-3-5-14(22)7-13/h3-5,7,11-12,15-16H,6,9-10H2,1-2H3,(H2,24,25,26,28,29). The van der Waals surface area contributed by atoms with Crippen molar-refractivity contribution in [2.24, 2.45) is 17.8 Å². The van der Waals surface area contributed by atoms with Crippen molar-refractivity contribution >= 4 is 29.3 Å². The van der Waals surface area contributed by atoms with Gasteiger partial charge in [0.05, 0.1) is 11.6 Å². The molecular formula is C21H22ClN5O2. The number of nitrogens with zero attached hydrogens (tertiary/aromatic N) is 3. The molecule has 0 radical (unpaired) electrons. The minimum Gasteiger partial charge on any atom is -0.342 e. The van der Waals surface area contributed by atoms with E-state index in [1.165, 1.54) is 0 Å². The lowest BCUT2D eigenvalue weighted by Crippen LogP contribution is -2.42. The number of amides is 1. The van der Waals surface area contributed by atoms with Crippen molar-refractivity contribution in [2.45, 2.75) is 26.2 Å². The van der Waals surface area contributed by atoms with Gasteiger partial charge in [0.1, 0.15) is 11.7 Å². The zero-order valence-corrected chi connectivity index (χ0v) is 17.0. The number of fused-ring (bicyclic) bond motifs is 1. The van der Waals surface area contributed by atoms with Crippen LogP contribution >= 0.6 is 11.6 Å². The van der Waals surface area contributed by atoms with Gasteiger partial charge in [0, 0.05) is 24.0 Å². The Balaban J connectivity index is 1.83. The van der Waals surface area contributed by atoms with Crippen LogP contribution in [0.25, 0.3) is 0 Å². The highest BCUT2D eigenvalue weighted by Gasteiger charge is 2.40. The second-order valence-electron chi connectivity index (χ2n) is 8.13. The van der Waals surface area contributed by atoms with Gasteiger partial charge in [-0.1, -0.05) is 37.6 Å². The molecule has 0 aliphatic carbocycles. The Kier molecular flexibility index (Phi) is 5.05. The van der Waals surface area contributed by atoms with E-state index in [9.17, 15) is 14.9 Å². The van der Waals surface area contributed by atoms with Crippen LogP contribution in [0.3, 0.4) is 0 Å². The zero-order valence-electron chi connectivity index (χ0n) is 16.3. The fourth-order valence-corrected chi connectivity index (χ4v) is 4.74. The molecule has 2 aliphatic heterocycles. The molecule has 4 rings (SSSR count). The van der Waals surface area contributed by atoms with Crippen molar-refractivity contribution in [3.05, 3.63) is 50.8 Å². The molecule has 1 aromatic carbocycles. The molecule has 1 saturated heterocycles. The third kappa shape index (κ3) is 3.60. The molecule has 4 unspecified atom stereocenters. The predicted molar refractivity (Wildman–Crippen MR) is 111 cm³/mol.